The minimum absolute atomic E-state index is 0.0738. The van der Waals surface area contributed by atoms with Gasteiger partial charge in [-0.25, -0.2) is 0 Å². The zero-order valence-electron chi connectivity index (χ0n) is 12.4. The van der Waals surface area contributed by atoms with Crippen molar-refractivity contribution in [1.29, 1.82) is 0 Å². The van der Waals surface area contributed by atoms with Gasteiger partial charge < -0.3 is 9.47 Å². The third kappa shape index (κ3) is 3.20. The van der Waals surface area contributed by atoms with Gasteiger partial charge in [-0.05, 0) is 30.2 Å². The molecule has 0 fully saturated rings. The van der Waals surface area contributed by atoms with E-state index < -0.39 is 0 Å². The minimum Gasteiger partial charge on any atom is -0.335 e. The number of aryl methyl sites for hydroxylation is 1. The number of amides is 1. The molecule has 1 aliphatic rings. The molecular formula is C16H17ClN4O. The molecule has 0 bridgehead atoms. The van der Waals surface area contributed by atoms with E-state index in [1.807, 2.05) is 18.2 Å². The first-order valence-electron chi connectivity index (χ1n) is 7.23. The van der Waals surface area contributed by atoms with Crippen molar-refractivity contribution in [2.75, 3.05) is 7.05 Å². The lowest BCUT2D eigenvalue weighted by atomic mass is 10.2. The lowest BCUT2D eigenvalue weighted by Gasteiger charge is -2.14. The molecule has 0 atom stereocenters. The smallest absolute Gasteiger partial charge is 0.246 e. The van der Waals surface area contributed by atoms with Crippen LogP contribution in [0.5, 0.6) is 0 Å². The van der Waals surface area contributed by atoms with Gasteiger partial charge in [0.05, 0.1) is 6.54 Å². The molecule has 0 aliphatic carbocycles. The average molecular weight is 317 g/mol. The highest BCUT2D eigenvalue weighted by molar-refractivity contribution is 6.30. The van der Waals surface area contributed by atoms with Gasteiger partial charge in [0.1, 0.15) is 5.82 Å². The lowest BCUT2D eigenvalue weighted by Crippen LogP contribution is -2.25. The molecule has 0 saturated carbocycles. The van der Waals surface area contributed by atoms with E-state index >= 15 is 0 Å². The number of fused-ring (bicyclic) bond motifs is 1. The minimum atomic E-state index is -0.0738. The van der Waals surface area contributed by atoms with Crippen LogP contribution in [0.15, 0.2) is 30.3 Å². The fourth-order valence-corrected chi connectivity index (χ4v) is 2.72. The average Bonchev–Trinajstić information content (AvgIpc) is 3.10. The summed E-state index contributed by atoms with van der Waals surface area (Å²) in [6.45, 7) is 1.41. The number of benzene rings is 1. The van der Waals surface area contributed by atoms with E-state index in [2.05, 4.69) is 14.8 Å². The molecule has 0 spiro atoms. The summed E-state index contributed by atoms with van der Waals surface area (Å²) in [6.07, 6.45) is 5.38. The molecule has 5 nitrogen and oxygen atoms in total. The maximum absolute atomic E-state index is 12.2. The number of likely N-dealkylation sites (N-methyl/N-ethyl adjacent to an activating group) is 1. The number of hydrogen-bond acceptors (Lipinski definition) is 3. The van der Waals surface area contributed by atoms with Gasteiger partial charge in [0.2, 0.25) is 5.91 Å². The Morgan fingerprint density at radius 3 is 3.14 bits per heavy atom. The third-order valence-electron chi connectivity index (χ3n) is 3.71. The summed E-state index contributed by atoms with van der Waals surface area (Å²) in [4.78, 5) is 13.8. The van der Waals surface area contributed by atoms with Gasteiger partial charge in [-0.2, -0.15) is 0 Å². The molecule has 22 heavy (non-hydrogen) atoms. The van der Waals surface area contributed by atoms with Crippen molar-refractivity contribution < 1.29 is 4.79 Å². The molecule has 1 aliphatic heterocycles. The van der Waals surface area contributed by atoms with Crippen LogP contribution in [0.4, 0.5) is 0 Å². The van der Waals surface area contributed by atoms with Gasteiger partial charge in [-0.1, -0.05) is 23.7 Å². The Kier molecular flexibility index (Phi) is 4.24. The number of nitrogens with zero attached hydrogens (tertiary/aromatic N) is 4. The zero-order valence-corrected chi connectivity index (χ0v) is 13.1. The molecule has 1 aromatic heterocycles. The summed E-state index contributed by atoms with van der Waals surface area (Å²) in [5, 5.41) is 8.98. The van der Waals surface area contributed by atoms with E-state index in [1.165, 1.54) is 0 Å². The standard InChI is InChI=1S/C16H17ClN4O/c1-20(11-15-19-18-14-6-3-9-21(14)15)16(22)8-7-12-4-2-5-13(17)10-12/h2,4-5,7-8,10H,3,6,9,11H2,1H3/b8-7+. The van der Waals surface area contributed by atoms with Crippen LogP contribution in [0.3, 0.4) is 0 Å². The van der Waals surface area contributed by atoms with Crippen LogP contribution in [-0.2, 0) is 24.3 Å². The second-order valence-corrected chi connectivity index (χ2v) is 5.81. The van der Waals surface area contributed by atoms with Crippen LogP contribution in [-0.4, -0.2) is 32.6 Å². The third-order valence-corrected chi connectivity index (χ3v) is 3.94. The van der Waals surface area contributed by atoms with Gasteiger partial charge in [0.15, 0.2) is 5.82 Å². The Labute approximate surface area is 134 Å². The summed E-state index contributed by atoms with van der Waals surface area (Å²) >= 11 is 5.92. The lowest BCUT2D eigenvalue weighted by molar-refractivity contribution is -0.125. The Morgan fingerprint density at radius 2 is 2.32 bits per heavy atom. The molecule has 0 saturated heterocycles. The molecule has 0 N–H and O–H groups in total. The molecule has 0 radical (unpaired) electrons. The van der Waals surface area contributed by atoms with Gasteiger partial charge >= 0.3 is 0 Å². The highest BCUT2D eigenvalue weighted by Crippen LogP contribution is 2.15. The van der Waals surface area contributed by atoms with E-state index in [0.717, 1.165) is 36.6 Å². The first-order chi connectivity index (χ1) is 10.6. The highest BCUT2D eigenvalue weighted by Gasteiger charge is 2.19. The van der Waals surface area contributed by atoms with Crippen molar-refractivity contribution in [3.05, 3.63) is 52.6 Å². The molecule has 2 heterocycles. The first kappa shape index (κ1) is 14.8. The van der Waals surface area contributed by atoms with Crippen LogP contribution in [0.2, 0.25) is 5.02 Å². The van der Waals surface area contributed by atoms with Crippen molar-refractivity contribution >= 4 is 23.6 Å². The summed E-state index contributed by atoms with van der Waals surface area (Å²) in [5.74, 6) is 1.79. The van der Waals surface area contributed by atoms with Crippen molar-refractivity contribution in [1.82, 2.24) is 19.7 Å². The zero-order chi connectivity index (χ0) is 15.5. The van der Waals surface area contributed by atoms with E-state index in [-0.39, 0.29) is 5.91 Å². The summed E-state index contributed by atoms with van der Waals surface area (Å²) in [6, 6.07) is 7.38. The van der Waals surface area contributed by atoms with Gasteiger partial charge in [-0.15, -0.1) is 10.2 Å². The highest BCUT2D eigenvalue weighted by atomic mass is 35.5. The molecule has 3 rings (SSSR count). The molecule has 0 unspecified atom stereocenters. The number of carbonyl (C=O) groups excluding carboxylic acids is 1. The fourth-order valence-electron chi connectivity index (χ4n) is 2.52. The number of hydrogen-bond donors (Lipinski definition) is 0. The van der Waals surface area contributed by atoms with Gasteiger partial charge in [-0.3, -0.25) is 4.79 Å². The Hall–Kier alpha value is -2.14. The summed E-state index contributed by atoms with van der Waals surface area (Å²) < 4.78 is 2.10. The van der Waals surface area contributed by atoms with Crippen molar-refractivity contribution in [3.8, 4) is 0 Å². The molecule has 1 amide bonds. The van der Waals surface area contributed by atoms with Crippen LogP contribution >= 0.6 is 11.6 Å². The predicted molar refractivity (Wildman–Crippen MR) is 85.3 cm³/mol. The number of rotatable bonds is 4. The van der Waals surface area contributed by atoms with Gasteiger partial charge in [0.25, 0.3) is 0 Å². The molecular weight excluding hydrogens is 300 g/mol. The summed E-state index contributed by atoms with van der Waals surface area (Å²) in [5.41, 5.74) is 0.901. The van der Waals surface area contributed by atoms with Gasteiger partial charge in [0, 0.05) is 31.1 Å². The molecule has 114 valence electrons. The van der Waals surface area contributed by atoms with Crippen LogP contribution in [0.25, 0.3) is 6.08 Å². The van der Waals surface area contributed by atoms with E-state index in [0.29, 0.717) is 11.6 Å². The molecule has 2 aromatic rings. The second kappa shape index (κ2) is 6.32. The maximum Gasteiger partial charge on any atom is 0.246 e. The second-order valence-electron chi connectivity index (χ2n) is 5.37. The Morgan fingerprint density at radius 1 is 1.45 bits per heavy atom. The van der Waals surface area contributed by atoms with Crippen LogP contribution < -0.4 is 0 Å². The monoisotopic (exact) mass is 316 g/mol. The number of carbonyl (C=O) groups is 1. The van der Waals surface area contributed by atoms with E-state index in [9.17, 15) is 4.79 Å². The van der Waals surface area contributed by atoms with Crippen LogP contribution in [0, 0.1) is 0 Å². The predicted octanol–water partition coefficient (Wildman–Crippen LogP) is 2.55. The molecule has 6 heteroatoms. The van der Waals surface area contributed by atoms with Crippen molar-refractivity contribution in [2.24, 2.45) is 0 Å². The fraction of sp³-hybridized carbons (Fsp3) is 0.312. The normalized spacial score (nSPS) is 13.5. The molecule has 1 aromatic carbocycles. The SMILES string of the molecule is CN(Cc1nnc2n1CCC2)C(=O)/C=C/c1cccc(Cl)c1. The maximum atomic E-state index is 12.2. The quantitative estimate of drug-likeness (QED) is 0.815. The van der Waals surface area contributed by atoms with Crippen molar-refractivity contribution in [2.45, 2.75) is 25.9 Å². The first-order valence-corrected chi connectivity index (χ1v) is 7.61. The van der Waals surface area contributed by atoms with E-state index in [1.54, 1.807) is 30.2 Å². The number of halogens is 1. The van der Waals surface area contributed by atoms with Crippen LogP contribution in [0.1, 0.15) is 23.6 Å². The number of aromatic nitrogens is 3. The Balaban J connectivity index is 1.64. The largest absolute Gasteiger partial charge is 0.335 e. The van der Waals surface area contributed by atoms with E-state index in [4.69, 9.17) is 11.6 Å². The van der Waals surface area contributed by atoms with Crippen molar-refractivity contribution in [3.63, 3.8) is 0 Å². The topological polar surface area (TPSA) is 51.0 Å². The summed E-state index contributed by atoms with van der Waals surface area (Å²) in [7, 11) is 1.77. The Bertz CT molecular complexity index is 723.